The molecule has 4 N–H and O–H groups in total. The van der Waals surface area contributed by atoms with Gasteiger partial charge in [0.1, 0.15) is 11.6 Å². The van der Waals surface area contributed by atoms with Crippen molar-refractivity contribution in [3.63, 3.8) is 0 Å². The SMILES string of the molecule is Cc1cnc(N)c(C(N)c2ccc(Br)cc2F)c1. The van der Waals surface area contributed by atoms with Gasteiger partial charge in [-0.05, 0) is 30.7 Å². The average molecular weight is 310 g/mol. The quantitative estimate of drug-likeness (QED) is 0.896. The smallest absolute Gasteiger partial charge is 0.129 e. The van der Waals surface area contributed by atoms with Gasteiger partial charge in [0.2, 0.25) is 0 Å². The van der Waals surface area contributed by atoms with E-state index >= 15 is 0 Å². The lowest BCUT2D eigenvalue weighted by atomic mass is 9.99. The van der Waals surface area contributed by atoms with Gasteiger partial charge in [-0.25, -0.2) is 9.37 Å². The molecule has 0 radical (unpaired) electrons. The molecule has 0 aliphatic rings. The van der Waals surface area contributed by atoms with Gasteiger partial charge in [-0.15, -0.1) is 0 Å². The third-order valence-corrected chi connectivity index (χ3v) is 3.21. The Balaban J connectivity index is 2.47. The lowest BCUT2D eigenvalue weighted by Crippen LogP contribution is -2.16. The summed E-state index contributed by atoms with van der Waals surface area (Å²) in [6, 6.07) is 5.98. The number of rotatable bonds is 2. The maximum absolute atomic E-state index is 13.8. The number of aryl methyl sites for hydroxylation is 1. The molecule has 0 fully saturated rings. The van der Waals surface area contributed by atoms with Gasteiger partial charge < -0.3 is 11.5 Å². The summed E-state index contributed by atoms with van der Waals surface area (Å²) in [4.78, 5) is 4.04. The maximum atomic E-state index is 13.8. The highest BCUT2D eigenvalue weighted by Gasteiger charge is 2.17. The molecule has 1 aromatic heterocycles. The van der Waals surface area contributed by atoms with Crippen LogP contribution in [0, 0.1) is 12.7 Å². The zero-order valence-corrected chi connectivity index (χ0v) is 11.4. The molecule has 1 atom stereocenters. The molecule has 2 rings (SSSR count). The number of benzene rings is 1. The second-order valence-electron chi connectivity index (χ2n) is 4.13. The van der Waals surface area contributed by atoms with E-state index in [4.69, 9.17) is 11.5 Å². The molecule has 0 saturated carbocycles. The minimum Gasteiger partial charge on any atom is -0.383 e. The zero-order valence-electron chi connectivity index (χ0n) is 9.82. The van der Waals surface area contributed by atoms with Gasteiger partial charge in [0.15, 0.2) is 0 Å². The maximum Gasteiger partial charge on any atom is 0.129 e. The Labute approximate surface area is 113 Å². The number of nitrogens with two attached hydrogens (primary N) is 2. The molecule has 3 nitrogen and oxygen atoms in total. The van der Waals surface area contributed by atoms with Crippen LogP contribution in [0.1, 0.15) is 22.7 Å². The summed E-state index contributed by atoms with van der Waals surface area (Å²) in [5.41, 5.74) is 13.8. The van der Waals surface area contributed by atoms with E-state index in [9.17, 15) is 4.39 Å². The molecule has 18 heavy (non-hydrogen) atoms. The second-order valence-corrected chi connectivity index (χ2v) is 5.05. The average Bonchev–Trinajstić information content (AvgIpc) is 2.31. The van der Waals surface area contributed by atoms with Gasteiger partial charge in [-0.1, -0.05) is 22.0 Å². The number of hydrogen-bond donors (Lipinski definition) is 2. The fraction of sp³-hybridized carbons (Fsp3) is 0.154. The minimum absolute atomic E-state index is 0.329. The predicted octanol–water partition coefficient (Wildman–Crippen LogP) is 2.92. The van der Waals surface area contributed by atoms with Crippen LogP contribution in [0.25, 0.3) is 0 Å². The van der Waals surface area contributed by atoms with E-state index in [1.807, 2.05) is 13.0 Å². The van der Waals surface area contributed by atoms with E-state index in [2.05, 4.69) is 20.9 Å². The first-order valence-corrected chi connectivity index (χ1v) is 6.21. The lowest BCUT2D eigenvalue weighted by molar-refractivity contribution is 0.599. The molecule has 5 heteroatoms. The Morgan fingerprint density at radius 1 is 1.28 bits per heavy atom. The highest BCUT2D eigenvalue weighted by atomic mass is 79.9. The fourth-order valence-corrected chi connectivity index (χ4v) is 2.11. The van der Waals surface area contributed by atoms with E-state index in [1.54, 1.807) is 18.3 Å². The summed E-state index contributed by atoms with van der Waals surface area (Å²) < 4.78 is 14.5. The summed E-state index contributed by atoms with van der Waals surface area (Å²) in [5.74, 6) is -0.0341. The van der Waals surface area contributed by atoms with Crippen LogP contribution in [-0.4, -0.2) is 4.98 Å². The van der Waals surface area contributed by atoms with Gasteiger partial charge in [0.25, 0.3) is 0 Å². The normalized spacial score (nSPS) is 12.4. The van der Waals surface area contributed by atoms with Crippen LogP contribution in [0.5, 0.6) is 0 Å². The first-order valence-electron chi connectivity index (χ1n) is 5.41. The molecule has 0 amide bonds. The Hall–Kier alpha value is -1.46. The topological polar surface area (TPSA) is 64.9 Å². The summed E-state index contributed by atoms with van der Waals surface area (Å²) in [6.45, 7) is 1.89. The van der Waals surface area contributed by atoms with Crippen molar-refractivity contribution in [2.75, 3.05) is 5.73 Å². The number of halogens is 2. The highest BCUT2D eigenvalue weighted by molar-refractivity contribution is 9.10. The summed E-state index contributed by atoms with van der Waals surface area (Å²) >= 11 is 3.21. The summed E-state index contributed by atoms with van der Waals surface area (Å²) in [6.07, 6.45) is 1.66. The van der Waals surface area contributed by atoms with Gasteiger partial charge >= 0.3 is 0 Å². The van der Waals surface area contributed by atoms with Crippen LogP contribution < -0.4 is 11.5 Å². The zero-order chi connectivity index (χ0) is 13.3. The molecule has 0 bridgehead atoms. The largest absolute Gasteiger partial charge is 0.383 e. The third kappa shape index (κ3) is 2.52. The Morgan fingerprint density at radius 2 is 2.00 bits per heavy atom. The number of aromatic nitrogens is 1. The van der Waals surface area contributed by atoms with Gasteiger partial charge in [0.05, 0.1) is 6.04 Å². The number of hydrogen-bond acceptors (Lipinski definition) is 3. The molecule has 0 aliphatic heterocycles. The molecule has 0 saturated heterocycles. The van der Waals surface area contributed by atoms with Crippen molar-refractivity contribution in [3.05, 3.63) is 57.4 Å². The van der Waals surface area contributed by atoms with Crippen LogP contribution in [0.4, 0.5) is 10.2 Å². The summed E-state index contributed by atoms with van der Waals surface area (Å²) in [5, 5.41) is 0. The molecule has 1 unspecified atom stereocenters. The number of nitrogen functional groups attached to an aromatic ring is 1. The Bertz CT molecular complexity index is 586. The molecule has 0 aliphatic carbocycles. The van der Waals surface area contributed by atoms with Crippen LogP contribution in [-0.2, 0) is 0 Å². The van der Waals surface area contributed by atoms with Gasteiger partial charge in [-0.3, -0.25) is 0 Å². The Kier molecular flexibility index (Phi) is 3.63. The van der Waals surface area contributed by atoms with Crippen molar-refractivity contribution in [2.45, 2.75) is 13.0 Å². The monoisotopic (exact) mass is 309 g/mol. The first kappa shape index (κ1) is 13.0. The van der Waals surface area contributed by atoms with Crippen LogP contribution in [0.15, 0.2) is 34.9 Å². The molecule has 1 heterocycles. The van der Waals surface area contributed by atoms with E-state index in [-0.39, 0.29) is 5.82 Å². The lowest BCUT2D eigenvalue weighted by Gasteiger charge is -2.15. The molecule has 1 aromatic carbocycles. The van der Waals surface area contributed by atoms with Crippen LogP contribution in [0.3, 0.4) is 0 Å². The molecular weight excluding hydrogens is 297 g/mol. The number of anilines is 1. The van der Waals surface area contributed by atoms with E-state index in [1.165, 1.54) is 6.07 Å². The van der Waals surface area contributed by atoms with Crippen molar-refractivity contribution in [2.24, 2.45) is 5.73 Å². The Morgan fingerprint density at radius 3 is 2.67 bits per heavy atom. The van der Waals surface area contributed by atoms with Crippen molar-refractivity contribution >= 4 is 21.7 Å². The third-order valence-electron chi connectivity index (χ3n) is 2.72. The predicted molar refractivity (Wildman–Crippen MR) is 73.5 cm³/mol. The first-order chi connectivity index (χ1) is 8.49. The van der Waals surface area contributed by atoms with Crippen LogP contribution in [0.2, 0.25) is 0 Å². The van der Waals surface area contributed by atoms with Crippen molar-refractivity contribution in [1.29, 1.82) is 0 Å². The molecule has 2 aromatic rings. The van der Waals surface area contributed by atoms with E-state index in [0.29, 0.717) is 21.4 Å². The molecular formula is C13H13BrFN3. The minimum atomic E-state index is -0.620. The second kappa shape index (κ2) is 5.04. The van der Waals surface area contributed by atoms with E-state index < -0.39 is 6.04 Å². The fourth-order valence-electron chi connectivity index (χ4n) is 1.77. The van der Waals surface area contributed by atoms with Crippen LogP contribution >= 0.6 is 15.9 Å². The van der Waals surface area contributed by atoms with Gasteiger partial charge in [0, 0.05) is 21.8 Å². The number of pyridine rings is 1. The summed E-state index contributed by atoms with van der Waals surface area (Å²) in [7, 11) is 0. The van der Waals surface area contributed by atoms with Crippen molar-refractivity contribution in [1.82, 2.24) is 4.98 Å². The molecule has 94 valence electrons. The van der Waals surface area contributed by atoms with Crippen molar-refractivity contribution in [3.8, 4) is 0 Å². The molecule has 0 spiro atoms. The van der Waals surface area contributed by atoms with Crippen molar-refractivity contribution < 1.29 is 4.39 Å². The van der Waals surface area contributed by atoms with Gasteiger partial charge in [-0.2, -0.15) is 0 Å². The number of nitrogens with zero attached hydrogens (tertiary/aromatic N) is 1. The van der Waals surface area contributed by atoms with E-state index in [0.717, 1.165) is 5.56 Å². The highest BCUT2D eigenvalue weighted by Crippen LogP contribution is 2.27. The standard InChI is InChI=1S/C13H13BrFN3/c1-7-4-10(13(17)18-6-7)12(16)9-3-2-8(14)5-11(9)15/h2-6,12H,16H2,1H3,(H2,17,18).